The lowest BCUT2D eigenvalue weighted by atomic mass is 9.82. The fraction of sp³-hybridized carbons (Fsp3) is 0.641. The predicted octanol–water partition coefficient (Wildman–Crippen LogP) is 3.26. The van der Waals surface area contributed by atoms with Crippen molar-refractivity contribution in [3.63, 3.8) is 0 Å². The van der Waals surface area contributed by atoms with E-state index in [1.54, 1.807) is 27.7 Å². The van der Waals surface area contributed by atoms with Gasteiger partial charge in [0.05, 0.1) is 29.9 Å². The third kappa shape index (κ3) is 9.50. The van der Waals surface area contributed by atoms with Crippen LogP contribution in [0.2, 0.25) is 0 Å². The van der Waals surface area contributed by atoms with Gasteiger partial charge in [-0.25, -0.2) is 13.2 Å². The van der Waals surface area contributed by atoms with E-state index >= 15 is 0 Å². The molecule has 4 saturated carbocycles. The fourth-order valence-corrected chi connectivity index (χ4v) is 9.06. The molecule has 4 amide bonds. The molecule has 7 atom stereocenters. The van der Waals surface area contributed by atoms with E-state index in [4.69, 9.17) is 9.57 Å². The molecule has 1 aromatic rings. The Morgan fingerprint density at radius 3 is 2.13 bits per heavy atom. The summed E-state index contributed by atoms with van der Waals surface area (Å²) in [5.41, 5.74) is -0.934. The molecule has 0 saturated heterocycles. The van der Waals surface area contributed by atoms with Gasteiger partial charge in [0.1, 0.15) is 23.7 Å². The van der Waals surface area contributed by atoms with Gasteiger partial charge in [-0.15, -0.1) is 6.58 Å². The van der Waals surface area contributed by atoms with Crippen molar-refractivity contribution in [3.8, 4) is 0 Å². The number of ether oxygens (including phenoxy) is 1. The summed E-state index contributed by atoms with van der Waals surface area (Å²) in [6.07, 6.45) is 6.45. The second kappa shape index (κ2) is 16.6. The Morgan fingerprint density at radius 2 is 1.57 bits per heavy atom. The molecular weight excluding hydrogens is 715 g/mol. The minimum absolute atomic E-state index is 0.0603. The quantitative estimate of drug-likeness (QED) is 0.0896. The highest BCUT2D eigenvalue weighted by molar-refractivity contribution is 7.91. The van der Waals surface area contributed by atoms with Crippen LogP contribution in [-0.4, -0.2) is 79.8 Å². The number of esters is 1. The van der Waals surface area contributed by atoms with Crippen LogP contribution >= 0.6 is 0 Å². The van der Waals surface area contributed by atoms with Crippen LogP contribution in [0.25, 0.3) is 0 Å². The zero-order valence-corrected chi connectivity index (χ0v) is 32.7. The van der Waals surface area contributed by atoms with Crippen LogP contribution in [-0.2, 0) is 43.6 Å². The maximum atomic E-state index is 14.3. The number of nitrogens with zero attached hydrogens (tertiary/aromatic N) is 1. The molecule has 4 N–H and O–H groups in total. The van der Waals surface area contributed by atoms with Crippen molar-refractivity contribution in [3.05, 3.63) is 48.6 Å². The van der Waals surface area contributed by atoms with E-state index in [0.717, 1.165) is 37.7 Å². The zero-order valence-electron chi connectivity index (χ0n) is 31.9. The molecule has 0 spiro atoms. The molecular formula is C39H55N5O9S. The SMILES string of the molecule is C=C[C@@H]1C[C@]1(NC(=O)[C@@H]1C[C@@H](O/N=C(\C)c2ccccc2)C[C@H]1C(=O)N[C@@H](C(=O)N[C@@H](C(=O)OC)C1CCCCC1)C(C)(C)C)C(=O)NS(=O)(=O)C1CC1. The minimum atomic E-state index is -3.90. The van der Waals surface area contributed by atoms with Gasteiger partial charge in [0.15, 0.2) is 0 Å². The fourth-order valence-electron chi connectivity index (χ4n) is 7.70. The van der Waals surface area contributed by atoms with E-state index in [1.165, 1.54) is 13.2 Å². The smallest absolute Gasteiger partial charge is 0.328 e. The molecule has 0 unspecified atom stereocenters. The lowest BCUT2D eigenvalue weighted by Gasteiger charge is -2.35. The molecule has 5 rings (SSSR count). The Kier molecular flexibility index (Phi) is 12.6. The molecule has 54 heavy (non-hydrogen) atoms. The van der Waals surface area contributed by atoms with Crippen LogP contribution in [0.3, 0.4) is 0 Å². The van der Waals surface area contributed by atoms with Crippen molar-refractivity contribution < 1.29 is 42.0 Å². The van der Waals surface area contributed by atoms with E-state index in [-0.39, 0.29) is 25.2 Å². The van der Waals surface area contributed by atoms with Gasteiger partial charge in [-0.1, -0.05) is 81.6 Å². The number of carbonyl (C=O) groups is 5. The molecule has 15 heteroatoms. The second-order valence-electron chi connectivity index (χ2n) is 16.4. The van der Waals surface area contributed by atoms with Gasteiger partial charge < -0.3 is 25.5 Å². The molecule has 14 nitrogen and oxygen atoms in total. The first-order chi connectivity index (χ1) is 25.5. The molecule has 1 aromatic carbocycles. The maximum Gasteiger partial charge on any atom is 0.328 e. The van der Waals surface area contributed by atoms with Crippen LogP contribution in [0.4, 0.5) is 0 Å². The zero-order chi connectivity index (χ0) is 39.4. The molecule has 4 aliphatic carbocycles. The first kappa shape index (κ1) is 40.9. The van der Waals surface area contributed by atoms with Gasteiger partial charge in [-0.3, -0.25) is 23.9 Å². The van der Waals surface area contributed by atoms with Gasteiger partial charge >= 0.3 is 5.97 Å². The molecule has 0 heterocycles. The number of hydrogen-bond donors (Lipinski definition) is 4. The summed E-state index contributed by atoms with van der Waals surface area (Å²) in [6.45, 7) is 10.9. The van der Waals surface area contributed by atoms with Gasteiger partial charge in [0.2, 0.25) is 27.7 Å². The highest BCUT2D eigenvalue weighted by atomic mass is 32.2. The second-order valence-corrected chi connectivity index (χ2v) is 18.3. The number of nitrogens with one attached hydrogen (secondary N) is 4. The number of oxime groups is 1. The van der Waals surface area contributed by atoms with Gasteiger partial charge in [0.25, 0.3) is 5.91 Å². The lowest BCUT2D eigenvalue weighted by Crippen LogP contribution is -2.59. The van der Waals surface area contributed by atoms with Crippen LogP contribution in [0, 0.1) is 29.1 Å². The van der Waals surface area contributed by atoms with Crippen LogP contribution in [0.5, 0.6) is 0 Å². The van der Waals surface area contributed by atoms with Gasteiger partial charge in [-0.2, -0.15) is 0 Å². The van der Waals surface area contributed by atoms with Crippen LogP contribution in [0.15, 0.2) is 48.1 Å². The van der Waals surface area contributed by atoms with Crippen molar-refractivity contribution in [2.75, 3.05) is 7.11 Å². The maximum absolute atomic E-state index is 14.3. The molecule has 0 bridgehead atoms. The topological polar surface area (TPSA) is 198 Å². The van der Waals surface area contributed by atoms with E-state index in [1.807, 2.05) is 30.3 Å². The Hall–Kier alpha value is -4.27. The number of benzene rings is 1. The molecule has 0 radical (unpaired) electrons. The summed E-state index contributed by atoms with van der Waals surface area (Å²) in [7, 11) is -2.62. The Bertz CT molecular complexity index is 1730. The van der Waals surface area contributed by atoms with Crippen LogP contribution in [0.1, 0.15) is 97.5 Å². The van der Waals surface area contributed by atoms with E-state index in [2.05, 4.69) is 32.4 Å². The minimum Gasteiger partial charge on any atom is -0.467 e. The average Bonchev–Trinajstić information content (AvgIpc) is 4.08. The van der Waals surface area contributed by atoms with Gasteiger partial charge in [-0.05, 0) is 68.8 Å². The third-order valence-corrected chi connectivity index (χ3v) is 13.1. The average molecular weight is 770 g/mol. The van der Waals surface area contributed by atoms with Gasteiger partial charge in [0, 0.05) is 5.92 Å². The largest absolute Gasteiger partial charge is 0.467 e. The summed E-state index contributed by atoms with van der Waals surface area (Å²) in [4.78, 5) is 74.6. The van der Waals surface area contributed by atoms with Crippen molar-refractivity contribution in [1.29, 1.82) is 0 Å². The number of carbonyl (C=O) groups excluding carboxylic acids is 5. The first-order valence-electron chi connectivity index (χ1n) is 19.0. The summed E-state index contributed by atoms with van der Waals surface area (Å²) in [5, 5.41) is 12.2. The number of methoxy groups -OCH3 is 1. The number of rotatable bonds is 15. The highest BCUT2D eigenvalue weighted by Crippen LogP contribution is 2.46. The van der Waals surface area contributed by atoms with E-state index in [0.29, 0.717) is 18.6 Å². The third-order valence-electron chi connectivity index (χ3n) is 11.3. The number of sulfonamides is 1. The molecule has 296 valence electrons. The number of amides is 4. The van der Waals surface area contributed by atoms with E-state index in [9.17, 15) is 32.4 Å². The summed E-state index contributed by atoms with van der Waals surface area (Å²) < 4.78 is 32.5. The van der Waals surface area contributed by atoms with Crippen molar-refractivity contribution in [2.24, 2.45) is 34.2 Å². The summed E-state index contributed by atoms with van der Waals surface area (Å²) in [5.74, 6) is -5.80. The molecule has 4 aliphatic rings. The monoisotopic (exact) mass is 769 g/mol. The molecule has 0 aromatic heterocycles. The Labute approximate surface area is 318 Å². The van der Waals surface area contributed by atoms with Crippen molar-refractivity contribution in [1.82, 2.24) is 20.7 Å². The first-order valence-corrected chi connectivity index (χ1v) is 20.5. The summed E-state index contributed by atoms with van der Waals surface area (Å²) >= 11 is 0. The van der Waals surface area contributed by atoms with E-state index < -0.39 is 91.8 Å². The standard InChI is InChI=1S/C39H55N5O9S/c1-7-26-22-39(26,37(49)44-54(50,51)28-18-19-28)42-34(46)30-21-27(53-43-23(2)24-14-10-8-11-15-24)20-29(30)33(45)41-32(38(3,4)5)35(47)40-31(36(48)52-6)25-16-12-9-13-17-25/h7-8,10-11,14-15,25-32H,1,9,12-13,16-22H2,2-6H3,(H,40,47)(H,41,45)(H,42,46)(H,44,49)/b43-23+/t26-,27+,29-,30-,31-,32+,39-/m1/s1. The van der Waals surface area contributed by atoms with Crippen molar-refractivity contribution >= 4 is 45.3 Å². The normalized spacial score (nSPS) is 27.1. The van der Waals surface area contributed by atoms with Crippen LogP contribution < -0.4 is 20.7 Å². The summed E-state index contributed by atoms with van der Waals surface area (Å²) in [6, 6.07) is 7.39. The highest BCUT2D eigenvalue weighted by Gasteiger charge is 2.62. The predicted molar refractivity (Wildman–Crippen MR) is 201 cm³/mol. The number of hydrogen-bond acceptors (Lipinski definition) is 10. The Morgan fingerprint density at radius 1 is 0.944 bits per heavy atom. The van der Waals surface area contributed by atoms with Crippen molar-refractivity contribution in [2.45, 2.75) is 121 Å². The molecule has 4 fully saturated rings. The Balaban J connectivity index is 1.37. The lowest BCUT2D eigenvalue weighted by molar-refractivity contribution is -0.148. The molecule has 0 aliphatic heterocycles.